The molecule has 1 fully saturated rings. The van der Waals surface area contributed by atoms with Gasteiger partial charge in [0.25, 0.3) is 0 Å². The molecule has 1 aliphatic rings. The Balaban J connectivity index is 2.01. The Bertz CT molecular complexity index is 584. The Morgan fingerprint density at radius 1 is 0.909 bits per heavy atom. The summed E-state index contributed by atoms with van der Waals surface area (Å²) in [6.07, 6.45) is 5.19. The fourth-order valence-corrected chi connectivity index (χ4v) is 4.02. The second-order valence-electron chi connectivity index (χ2n) is 7.31. The van der Waals surface area contributed by atoms with E-state index in [1.54, 1.807) is 0 Å². The highest BCUT2D eigenvalue weighted by molar-refractivity contribution is 5.37. The lowest BCUT2D eigenvalue weighted by Gasteiger charge is -2.46. The van der Waals surface area contributed by atoms with Crippen molar-refractivity contribution in [2.45, 2.75) is 44.9 Å². The van der Waals surface area contributed by atoms with Crippen LogP contribution in [0.3, 0.4) is 0 Å². The summed E-state index contributed by atoms with van der Waals surface area (Å²) >= 11 is 0. The lowest BCUT2D eigenvalue weighted by Crippen LogP contribution is -2.38. The lowest BCUT2D eigenvalue weighted by molar-refractivity contribution is 0.236. The van der Waals surface area contributed by atoms with Gasteiger partial charge in [-0.3, -0.25) is 0 Å². The van der Waals surface area contributed by atoms with E-state index in [0.717, 1.165) is 11.8 Å². The third-order valence-corrected chi connectivity index (χ3v) is 5.57. The zero-order chi connectivity index (χ0) is 15.6. The van der Waals surface area contributed by atoms with E-state index in [4.69, 9.17) is 0 Å². The minimum absolute atomic E-state index is 0.202. The highest BCUT2D eigenvalue weighted by Gasteiger charge is 2.42. The van der Waals surface area contributed by atoms with Gasteiger partial charge >= 0.3 is 0 Å². The SMILES string of the molecule is CC(C)C1[CH]C(c2ccccc2)C(C)(c2ccccc2)CC1. The minimum Gasteiger partial charge on any atom is -0.0625 e. The molecule has 0 saturated heterocycles. The highest BCUT2D eigenvalue weighted by Crippen LogP contribution is 2.51. The topological polar surface area (TPSA) is 0 Å². The van der Waals surface area contributed by atoms with Crippen LogP contribution in [-0.2, 0) is 5.41 Å². The van der Waals surface area contributed by atoms with Crippen LogP contribution in [0.2, 0.25) is 0 Å². The van der Waals surface area contributed by atoms with Crippen molar-refractivity contribution in [1.82, 2.24) is 0 Å². The molecule has 2 aromatic carbocycles. The first kappa shape index (κ1) is 15.3. The van der Waals surface area contributed by atoms with Gasteiger partial charge in [-0.05, 0) is 53.6 Å². The van der Waals surface area contributed by atoms with Crippen molar-refractivity contribution in [3.05, 3.63) is 78.2 Å². The van der Waals surface area contributed by atoms with Gasteiger partial charge in [0.15, 0.2) is 0 Å². The van der Waals surface area contributed by atoms with Gasteiger partial charge in [0, 0.05) is 0 Å². The standard InChI is InChI=1S/C22H27/c1-17(2)19-14-15-22(3,20-12-8-5-9-13-20)21(16-19)18-10-6-4-7-11-18/h4-13,16-17,19,21H,14-15H2,1-3H3. The first-order valence-electron chi connectivity index (χ1n) is 8.57. The van der Waals surface area contributed by atoms with E-state index in [0.29, 0.717) is 5.92 Å². The second kappa shape index (κ2) is 6.28. The molecule has 0 N–H and O–H groups in total. The van der Waals surface area contributed by atoms with Crippen LogP contribution in [0.1, 0.15) is 50.7 Å². The molecule has 1 aliphatic carbocycles. The predicted octanol–water partition coefficient (Wildman–Crippen LogP) is 6.00. The molecular weight excluding hydrogens is 264 g/mol. The van der Waals surface area contributed by atoms with Crippen LogP contribution in [0, 0.1) is 18.3 Å². The molecule has 2 aromatic rings. The van der Waals surface area contributed by atoms with Crippen LogP contribution in [-0.4, -0.2) is 0 Å². The van der Waals surface area contributed by atoms with Crippen LogP contribution >= 0.6 is 0 Å². The Hall–Kier alpha value is -1.56. The Kier molecular flexibility index (Phi) is 4.38. The van der Waals surface area contributed by atoms with Gasteiger partial charge in [-0.1, -0.05) is 81.4 Å². The molecule has 0 heterocycles. The van der Waals surface area contributed by atoms with Crippen LogP contribution in [0.5, 0.6) is 0 Å². The van der Waals surface area contributed by atoms with E-state index in [2.05, 4.69) is 87.9 Å². The van der Waals surface area contributed by atoms with E-state index < -0.39 is 0 Å². The molecule has 1 saturated carbocycles. The molecule has 3 atom stereocenters. The zero-order valence-electron chi connectivity index (χ0n) is 14.0. The van der Waals surface area contributed by atoms with Crippen LogP contribution in [0.15, 0.2) is 60.7 Å². The summed E-state index contributed by atoms with van der Waals surface area (Å²) in [4.78, 5) is 0. The number of rotatable bonds is 3. The summed E-state index contributed by atoms with van der Waals surface area (Å²) in [6.45, 7) is 7.16. The molecule has 0 nitrogen and oxygen atoms in total. The van der Waals surface area contributed by atoms with Crippen LogP contribution in [0.25, 0.3) is 0 Å². The van der Waals surface area contributed by atoms with Gasteiger partial charge in [-0.25, -0.2) is 0 Å². The molecular formula is C22H27. The third kappa shape index (κ3) is 2.84. The van der Waals surface area contributed by atoms with Gasteiger partial charge in [-0.2, -0.15) is 0 Å². The number of hydrogen-bond donors (Lipinski definition) is 0. The molecule has 0 aliphatic heterocycles. The normalized spacial score (nSPS) is 28.7. The molecule has 0 amide bonds. The molecule has 0 spiro atoms. The zero-order valence-corrected chi connectivity index (χ0v) is 14.0. The first-order chi connectivity index (χ1) is 10.6. The number of hydrogen-bond acceptors (Lipinski definition) is 0. The number of benzene rings is 2. The summed E-state index contributed by atoms with van der Waals surface area (Å²) in [5, 5.41) is 0. The van der Waals surface area contributed by atoms with E-state index in [-0.39, 0.29) is 5.41 Å². The van der Waals surface area contributed by atoms with Gasteiger partial charge in [0.1, 0.15) is 0 Å². The molecule has 22 heavy (non-hydrogen) atoms. The summed E-state index contributed by atoms with van der Waals surface area (Å²) in [6, 6.07) is 22.1. The predicted molar refractivity (Wildman–Crippen MR) is 94.8 cm³/mol. The van der Waals surface area contributed by atoms with Crippen molar-refractivity contribution in [2.24, 2.45) is 11.8 Å². The van der Waals surface area contributed by atoms with Crippen molar-refractivity contribution < 1.29 is 0 Å². The average Bonchev–Trinajstić information content (AvgIpc) is 2.56. The first-order valence-corrected chi connectivity index (χ1v) is 8.57. The van der Waals surface area contributed by atoms with Gasteiger partial charge in [0.05, 0.1) is 0 Å². The summed E-state index contributed by atoms with van der Waals surface area (Å²) < 4.78 is 0. The van der Waals surface area contributed by atoms with Gasteiger partial charge in [-0.15, -0.1) is 0 Å². The molecule has 1 radical (unpaired) electrons. The summed E-state index contributed by atoms with van der Waals surface area (Å²) in [5.74, 6) is 1.95. The van der Waals surface area contributed by atoms with Crippen molar-refractivity contribution in [2.75, 3.05) is 0 Å². The van der Waals surface area contributed by atoms with Crippen molar-refractivity contribution >= 4 is 0 Å². The Morgan fingerprint density at radius 3 is 2.09 bits per heavy atom. The second-order valence-corrected chi connectivity index (χ2v) is 7.31. The van der Waals surface area contributed by atoms with Crippen molar-refractivity contribution in [3.8, 4) is 0 Å². The average molecular weight is 291 g/mol. The molecule has 3 rings (SSSR count). The lowest BCUT2D eigenvalue weighted by atomic mass is 9.58. The van der Waals surface area contributed by atoms with E-state index in [1.807, 2.05) is 0 Å². The Labute approximate surface area is 135 Å². The summed E-state index contributed by atoms with van der Waals surface area (Å²) in [7, 11) is 0. The third-order valence-electron chi connectivity index (χ3n) is 5.57. The fourth-order valence-electron chi connectivity index (χ4n) is 4.02. The summed E-state index contributed by atoms with van der Waals surface area (Å²) in [5.41, 5.74) is 3.13. The maximum absolute atomic E-state index is 2.64. The van der Waals surface area contributed by atoms with Crippen molar-refractivity contribution in [1.29, 1.82) is 0 Å². The monoisotopic (exact) mass is 291 g/mol. The molecule has 0 aromatic heterocycles. The van der Waals surface area contributed by atoms with Gasteiger partial charge in [0.2, 0.25) is 0 Å². The maximum atomic E-state index is 2.64. The molecule has 115 valence electrons. The smallest absolute Gasteiger partial charge is 0.000368 e. The highest BCUT2D eigenvalue weighted by atomic mass is 14.5. The molecule has 0 heteroatoms. The molecule has 3 unspecified atom stereocenters. The van der Waals surface area contributed by atoms with Crippen molar-refractivity contribution in [3.63, 3.8) is 0 Å². The minimum atomic E-state index is 0.202. The fraction of sp³-hybridized carbons (Fsp3) is 0.409. The van der Waals surface area contributed by atoms with Crippen LogP contribution < -0.4 is 0 Å². The van der Waals surface area contributed by atoms with Gasteiger partial charge < -0.3 is 0 Å². The van der Waals surface area contributed by atoms with E-state index in [1.165, 1.54) is 24.0 Å². The van der Waals surface area contributed by atoms with Crippen LogP contribution in [0.4, 0.5) is 0 Å². The molecule has 0 bridgehead atoms. The maximum Gasteiger partial charge on any atom is -0.000368 e. The van der Waals surface area contributed by atoms with E-state index in [9.17, 15) is 0 Å². The largest absolute Gasteiger partial charge is 0.0625 e. The quantitative estimate of drug-likeness (QED) is 0.650. The van der Waals surface area contributed by atoms with E-state index >= 15 is 0 Å². The Morgan fingerprint density at radius 2 is 1.50 bits per heavy atom.